The van der Waals surface area contributed by atoms with Crippen LogP contribution in [0.15, 0.2) is 35.7 Å². The molecule has 0 bridgehead atoms. The molecule has 2 rings (SSSR count). The Morgan fingerprint density at radius 1 is 1.35 bits per heavy atom. The first kappa shape index (κ1) is 14.5. The second kappa shape index (κ2) is 7.05. The zero-order chi connectivity index (χ0) is 14.4. The first-order chi connectivity index (χ1) is 9.69. The summed E-state index contributed by atoms with van der Waals surface area (Å²) in [5.41, 5.74) is 7.59. The number of carbonyl (C=O) groups excluding carboxylic acids is 1. The van der Waals surface area contributed by atoms with Crippen LogP contribution in [0.3, 0.4) is 0 Å². The standard InChI is InChI=1S/C15H19N3OS/c1-2-18(9-8-12-6-4-3-5-7-12)14(19)10-13-11-20-15(16)17-13/h3-7,11H,2,8-10H2,1H3,(H2,16,17). The Morgan fingerprint density at radius 2 is 2.10 bits per heavy atom. The first-order valence-corrected chi connectivity index (χ1v) is 7.58. The highest BCUT2D eigenvalue weighted by Crippen LogP contribution is 2.12. The van der Waals surface area contributed by atoms with Crippen LogP contribution in [0.25, 0.3) is 0 Å². The van der Waals surface area contributed by atoms with Crippen molar-refractivity contribution < 1.29 is 4.79 Å². The molecule has 0 aliphatic heterocycles. The van der Waals surface area contributed by atoms with E-state index in [0.717, 1.165) is 18.7 Å². The van der Waals surface area contributed by atoms with Crippen LogP contribution in [0.5, 0.6) is 0 Å². The quantitative estimate of drug-likeness (QED) is 0.888. The van der Waals surface area contributed by atoms with E-state index < -0.39 is 0 Å². The van der Waals surface area contributed by atoms with Crippen molar-refractivity contribution in [3.8, 4) is 0 Å². The number of carbonyl (C=O) groups is 1. The lowest BCUT2D eigenvalue weighted by molar-refractivity contribution is -0.130. The fraction of sp³-hybridized carbons (Fsp3) is 0.333. The van der Waals surface area contributed by atoms with Crippen molar-refractivity contribution in [2.75, 3.05) is 18.8 Å². The fourth-order valence-corrected chi connectivity index (χ4v) is 2.60. The van der Waals surface area contributed by atoms with E-state index in [1.807, 2.05) is 35.4 Å². The van der Waals surface area contributed by atoms with Gasteiger partial charge in [0.05, 0.1) is 12.1 Å². The minimum absolute atomic E-state index is 0.105. The summed E-state index contributed by atoms with van der Waals surface area (Å²) >= 11 is 1.37. The van der Waals surface area contributed by atoms with Crippen LogP contribution in [0, 0.1) is 0 Å². The molecule has 0 saturated heterocycles. The summed E-state index contributed by atoms with van der Waals surface area (Å²) in [6.45, 7) is 3.45. The number of rotatable bonds is 6. The van der Waals surface area contributed by atoms with Gasteiger partial charge >= 0.3 is 0 Å². The normalized spacial score (nSPS) is 10.4. The van der Waals surface area contributed by atoms with E-state index in [2.05, 4.69) is 17.1 Å². The van der Waals surface area contributed by atoms with Crippen molar-refractivity contribution in [3.63, 3.8) is 0 Å². The third-order valence-electron chi connectivity index (χ3n) is 3.15. The van der Waals surface area contributed by atoms with Crippen LogP contribution in [-0.2, 0) is 17.6 Å². The van der Waals surface area contributed by atoms with Crippen LogP contribution >= 0.6 is 11.3 Å². The lowest BCUT2D eigenvalue weighted by Gasteiger charge is -2.20. The number of anilines is 1. The lowest BCUT2D eigenvalue weighted by Crippen LogP contribution is -2.34. The number of hydrogen-bond donors (Lipinski definition) is 1. The van der Waals surface area contributed by atoms with Crippen molar-refractivity contribution in [2.45, 2.75) is 19.8 Å². The van der Waals surface area contributed by atoms with E-state index in [9.17, 15) is 4.79 Å². The van der Waals surface area contributed by atoms with Gasteiger partial charge in [0.15, 0.2) is 5.13 Å². The van der Waals surface area contributed by atoms with Gasteiger partial charge in [-0.3, -0.25) is 4.79 Å². The van der Waals surface area contributed by atoms with Crippen molar-refractivity contribution in [1.82, 2.24) is 9.88 Å². The molecule has 4 nitrogen and oxygen atoms in total. The Balaban J connectivity index is 1.89. The molecule has 2 N–H and O–H groups in total. The Labute approximate surface area is 123 Å². The molecule has 0 aliphatic rings. The maximum Gasteiger partial charge on any atom is 0.228 e. The SMILES string of the molecule is CCN(CCc1ccccc1)C(=O)Cc1csc(N)n1. The third kappa shape index (κ3) is 4.06. The summed E-state index contributed by atoms with van der Waals surface area (Å²) in [7, 11) is 0. The predicted molar refractivity (Wildman–Crippen MR) is 82.6 cm³/mol. The predicted octanol–water partition coefficient (Wildman–Crippen LogP) is 2.36. The maximum atomic E-state index is 12.2. The molecule has 0 aliphatic carbocycles. The number of likely N-dealkylation sites (N-methyl/N-ethyl adjacent to an activating group) is 1. The number of nitrogens with zero attached hydrogens (tertiary/aromatic N) is 2. The second-order valence-electron chi connectivity index (χ2n) is 4.56. The number of amides is 1. The van der Waals surface area contributed by atoms with Crippen molar-refractivity contribution >= 4 is 22.4 Å². The minimum Gasteiger partial charge on any atom is -0.375 e. The van der Waals surface area contributed by atoms with E-state index in [1.54, 1.807) is 0 Å². The zero-order valence-corrected chi connectivity index (χ0v) is 12.4. The van der Waals surface area contributed by atoms with Gasteiger partial charge in [0, 0.05) is 18.5 Å². The molecule has 106 valence electrons. The summed E-state index contributed by atoms with van der Waals surface area (Å²) in [4.78, 5) is 18.2. The Kier molecular flexibility index (Phi) is 5.12. The van der Waals surface area contributed by atoms with Crippen molar-refractivity contribution in [2.24, 2.45) is 0 Å². The molecule has 1 amide bonds. The molecule has 1 heterocycles. The third-order valence-corrected chi connectivity index (χ3v) is 3.87. The Morgan fingerprint density at radius 3 is 2.70 bits per heavy atom. The van der Waals surface area contributed by atoms with Gasteiger partial charge in [-0.25, -0.2) is 4.98 Å². The van der Waals surface area contributed by atoms with Gasteiger partial charge in [0.25, 0.3) is 0 Å². The van der Waals surface area contributed by atoms with Gasteiger partial charge in [-0.1, -0.05) is 30.3 Å². The van der Waals surface area contributed by atoms with Crippen LogP contribution in [0.2, 0.25) is 0 Å². The van der Waals surface area contributed by atoms with E-state index in [-0.39, 0.29) is 5.91 Å². The van der Waals surface area contributed by atoms with Crippen molar-refractivity contribution in [3.05, 3.63) is 47.0 Å². The van der Waals surface area contributed by atoms with Gasteiger partial charge in [-0.15, -0.1) is 11.3 Å². The van der Waals surface area contributed by atoms with Crippen molar-refractivity contribution in [1.29, 1.82) is 0 Å². The fourth-order valence-electron chi connectivity index (χ4n) is 2.04. The zero-order valence-electron chi connectivity index (χ0n) is 11.6. The number of hydrogen-bond acceptors (Lipinski definition) is 4. The highest BCUT2D eigenvalue weighted by atomic mass is 32.1. The van der Waals surface area contributed by atoms with Gasteiger partial charge < -0.3 is 10.6 Å². The Hall–Kier alpha value is -1.88. The van der Waals surface area contributed by atoms with Gasteiger partial charge in [-0.05, 0) is 18.9 Å². The number of benzene rings is 1. The van der Waals surface area contributed by atoms with E-state index in [4.69, 9.17) is 5.73 Å². The molecule has 20 heavy (non-hydrogen) atoms. The topological polar surface area (TPSA) is 59.2 Å². The van der Waals surface area contributed by atoms with Gasteiger partial charge in [-0.2, -0.15) is 0 Å². The van der Waals surface area contributed by atoms with Gasteiger partial charge in [0.1, 0.15) is 0 Å². The molecule has 5 heteroatoms. The first-order valence-electron chi connectivity index (χ1n) is 6.70. The van der Waals surface area contributed by atoms with E-state index in [0.29, 0.717) is 18.1 Å². The summed E-state index contributed by atoms with van der Waals surface area (Å²) in [5.74, 6) is 0.105. The molecule has 0 fully saturated rings. The summed E-state index contributed by atoms with van der Waals surface area (Å²) in [5, 5.41) is 2.36. The lowest BCUT2D eigenvalue weighted by atomic mass is 10.1. The highest BCUT2D eigenvalue weighted by molar-refractivity contribution is 7.13. The van der Waals surface area contributed by atoms with Crippen LogP contribution in [0.1, 0.15) is 18.2 Å². The molecule has 0 atom stereocenters. The number of nitrogens with two attached hydrogens (primary N) is 1. The summed E-state index contributed by atoms with van der Waals surface area (Å²) < 4.78 is 0. The van der Waals surface area contributed by atoms with E-state index >= 15 is 0 Å². The molecular weight excluding hydrogens is 270 g/mol. The highest BCUT2D eigenvalue weighted by Gasteiger charge is 2.13. The van der Waals surface area contributed by atoms with Crippen LogP contribution in [-0.4, -0.2) is 28.9 Å². The molecule has 2 aromatic rings. The maximum absolute atomic E-state index is 12.2. The molecule has 1 aromatic heterocycles. The largest absolute Gasteiger partial charge is 0.375 e. The number of thiazole rings is 1. The average Bonchev–Trinajstić information content (AvgIpc) is 2.86. The summed E-state index contributed by atoms with van der Waals surface area (Å²) in [6.07, 6.45) is 1.20. The molecular formula is C15H19N3OS. The Bertz CT molecular complexity index is 553. The smallest absolute Gasteiger partial charge is 0.228 e. The van der Waals surface area contributed by atoms with Gasteiger partial charge in [0.2, 0.25) is 5.91 Å². The van der Waals surface area contributed by atoms with E-state index in [1.165, 1.54) is 16.9 Å². The van der Waals surface area contributed by atoms with Crippen LogP contribution in [0.4, 0.5) is 5.13 Å². The van der Waals surface area contributed by atoms with Crippen LogP contribution < -0.4 is 5.73 Å². The minimum atomic E-state index is 0.105. The molecule has 0 spiro atoms. The molecule has 0 radical (unpaired) electrons. The second-order valence-corrected chi connectivity index (χ2v) is 5.45. The molecule has 1 aromatic carbocycles. The summed E-state index contributed by atoms with van der Waals surface area (Å²) in [6, 6.07) is 10.2. The monoisotopic (exact) mass is 289 g/mol. The molecule has 0 saturated carbocycles. The molecule has 0 unspecified atom stereocenters. The average molecular weight is 289 g/mol. The number of aromatic nitrogens is 1. The number of nitrogen functional groups attached to an aromatic ring is 1.